The van der Waals surface area contributed by atoms with Crippen LogP contribution in [0.1, 0.15) is 0 Å². The number of fused-ring (bicyclic) bond motifs is 6. The molecule has 0 fully saturated rings. The first-order valence-corrected chi connectivity index (χ1v) is 35.6. The fourth-order valence-electron chi connectivity index (χ4n) is 13.6. The number of rotatable bonds is 12. The fourth-order valence-corrected chi connectivity index (χ4v) is 13.6. The molecule has 20 rings (SSSR count). The van der Waals surface area contributed by atoms with Crippen LogP contribution in [0.5, 0.6) is 0 Å². The summed E-state index contributed by atoms with van der Waals surface area (Å²) in [6.07, 6.45) is 3.70. The molecule has 0 N–H and O–H groups in total. The van der Waals surface area contributed by atoms with Crippen molar-refractivity contribution in [3.63, 3.8) is 0 Å². The van der Waals surface area contributed by atoms with Crippen molar-refractivity contribution in [2.45, 2.75) is 0 Å². The monoisotopic (exact) mass is 1380 g/mol. The van der Waals surface area contributed by atoms with E-state index in [1.54, 1.807) is 0 Å². The molecule has 13 heteroatoms. The van der Waals surface area contributed by atoms with E-state index in [0.717, 1.165) is 166 Å². The Balaban J connectivity index is 0.000000147. The lowest BCUT2D eigenvalue weighted by molar-refractivity contribution is 1.07. The molecule has 0 aliphatic carbocycles. The molecule has 0 spiro atoms. The second kappa shape index (κ2) is 28.0. The van der Waals surface area contributed by atoms with E-state index in [4.69, 9.17) is 54.8 Å². The molecule has 0 aliphatic heterocycles. The topological polar surface area (TPSA) is 168 Å². The third-order valence-electron chi connectivity index (χ3n) is 19.3. The predicted octanol–water partition coefficient (Wildman–Crippen LogP) is 22.4. The predicted molar refractivity (Wildman–Crippen MR) is 434 cm³/mol. The molecule has 8 heterocycles. The highest BCUT2D eigenvalue weighted by Gasteiger charge is 2.17. The van der Waals surface area contributed by atoms with Gasteiger partial charge >= 0.3 is 0 Å². The highest BCUT2D eigenvalue weighted by molar-refractivity contribution is 5.92. The van der Waals surface area contributed by atoms with Crippen molar-refractivity contribution in [1.29, 1.82) is 0 Å². The van der Waals surface area contributed by atoms with E-state index >= 15 is 0 Å². The summed E-state index contributed by atoms with van der Waals surface area (Å²) >= 11 is 0. The normalized spacial score (nSPS) is 11.3. The molecular weight excluding hydrogens is 1320 g/mol. The Morgan fingerprint density at radius 3 is 0.815 bits per heavy atom. The standard InChI is InChI=1S/C48H30N6.C47H29N7/c1-3-9-32(10-4-1)45-29-46(54-47(53-45)36-11-5-2-6-12-36)33-17-15-31(16-18-33)37-21-19-34-23-25-41(50-43(34)27-37)38-22-20-35-24-26-42(51-44(35)28-38)48-49-30-39-13-7-8-14-40(39)52-48;1-3-9-33(10-4-1)44-52-45(34-11-5-2-6-12-34)54-46(53-44)35-19-15-30(16-20-35)36-21-17-31-23-25-40(49-42(31)27-36)37-22-18-32-24-26-41(50-43(32)28-37)47-48-29-38-13-7-8-14-39(38)51-47/h1-30H;1-29H. The SMILES string of the molecule is c1ccc(-c2cc(-c3ccc(-c4ccc5ccc(-c6ccc7ccc(-c8ncc9ccccc9n8)nc7c6)nc5c4)cc3)nc(-c3ccccc3)n2)cc1.c1ccc(-c2nc(-c3ccccc3)nc(-c3ccc(-c4ccc5ccc(-c6ccc7ccc(-c8ncc9ccccc9n8)nc7c6)nc5c4)cc3)n2)cc1. The van der Waals surface area contributed by atoms with Gasteiger partial charge in [0.15, 0.2) is 34.9 Å². The number of para-hydroxylation sites is 2. The Morgan fingerprint density at radius 2 is 0.407 bits per heavy atom. The van der Waals surface area contributed by atoms with Crippen LogP contribution in [-0.2, 0) is 0 Å². The molecule has 0 bridgehead atoms. The van der Waals surface area contributed by atoms with E-state index in [2.05, 4.69) is 186 Å². The summed E-state index contributed by atoms with van der Waals surface area (Å²) in [5.74, 6) is 3.82. The van der Waals surface area contributed by atoms with Gasteiger partial charge in [-0.3, -0.25) is 0 Å². The highest BCUT2D eigenvalue weighted by Crippen LogP contribution is 2.36. The molecule has 0 radical (unpaired) electrons. The van der Waals surface area contributed by atoms with Crippen molar-refractivity contribution in [2.24, 2.45) is 0 Å². The first kappa shape index (κ1) is 63.9. The molecule has 0 atom stereocenters. The van der Waals surface area contributed by atoms with Crippen LogP contribution >= 0.6 is 0 Å². The second-order valence-corrected chi connectivity index (χ2v) is 26.3. The summed E-state index contributed by atoms with van der Waals surface area (Å²) in [6, 6.07) is 117. The fraction of sp³-hybridized carbons (Fsp3) is 0. The van der Waals surface area contributed by atoms with E-state index < -0.39 is 0 Å². The maximum atomic E-state index is 5.13. The average molecular weight is 1380 g/mol. The molecule has 8 aromatic heterocycles. The van der Waals surface area contributed by atoms with E-state index in [9.17, 15) is 0 Å². The summed E-state index contributed by atoms with van der Waals surface area (Å²) < 4.78 is 0. The van der Waals surface area contributed by atoms with Gasteiger partial charge in [0.05, 0.1) is 55.9 Å². The van der Waals surface area contributed by atoms with Crippen molar-refractivity contribution in [3.8, 4) is 136 Å². The lowest BCUT2D eigenvalue weighted by Crippen LogP contribution is -2.00. The van der Waals surface area contributed by atoms with Gasteiger partial charge in [-0.1, -0.05) is 279 Å². The van der Waals surface area contributed by atoms with Gasteiger partial charge in [0, 0.05) is 89.2 Å². The zero-order chi connectivity index (χ0) is 71.7. The average Bonchev–Trinajstić information content (AvgIpc) is 0.800. The van der Waals surface area contributed by atoms with Crippen LogP contribution in [0.4, 0.5) is 0 Å². The summed E-state index contributed by atoms with van der Waals surface area (Å²) in [5, 5.41) is 6.24. The van der Waals surface area contributed by atoms with E-state index in [-0.39, 0.29) is 0 Å². The Bertz CT molecular complexity index is 6260. The molecule has 108 heavy (non-hydrogen) atoms. The van der Waals surface area contributed by atoms with Gasteiger partial charge in [0.25, 0.3) is 0 Å². The number of nitrogens with zero attached hydrogens (tertiary/aromatic N) is 13. The third-order valence-corrected chi connectivity index (χ3v) is 19.3. The van der Waals surface area contributed by atoms with Crippen molar-refractivity contribution in [1.82, 2.24) is 64.8 Å². The number of pyridine rings is 4. The van der Waals surface area contributed by atoms with Crippen molar-refractivity contribution in [3.05, 3.63) is 358 Å². The molecule has 13 nitrogen and oxygen atoms in total. The maximum absolute atomic E-state index is 5.13. The number of hydrogen-bond acceptors (Lipinski definition) is 13. The summed E-state index contributed by atoms with van der Waals surface area (Å²) in [7, 11) is 0. The Morgan fingerprint density at radius 1 is 0.130 bits per heavy atom. The lowest BCUT2D eigenvalue weighted by Gasteiger charge is -2.10. The van der Waals surface area contributed by atoms with Crippen LogP contribution in [-0.4, -0.2) is 64.8 Å². The first-order valence-electron chi connectivity index (χ1n) is 35.6. The number of hydrogen-bond donors (Lipinski definition) is 0. The second-order valence-electron chi connectivity index (χ2n) is 26.3. The maximum Gasteiger partial charge on any atom is 0.178 e. The third kappa shape index (κ3) is 13.1. The van der Waals surface area contributed by atoms with Crippen molar-refractivity contribution < 1.29 is 0 Å². The van der Waals surface area contributed by atoms with Crippen molar-refractivity contribution in [2.75, 3.05) is 0 Å². The minimum atomic E-state index is 0.604. The molecule has 0 amide bonds. The van der Waals surface area contributed by atoms with E-state index in [1.165, 1.54) is 0 Å². The van der Waals surface area contributed by atoms with E-state index in [1.807, 2.05) is 182 Å². The molecule has 12 aromatic carbocycles. The minimum Gasteiger partial charge on any atom is -0.248 e. The quantitative estimate of drug-likeness (QED) is 0.113. The zero-order valence-electron chi connectivity index (χ0n) is 57.9. The molecule has 0 unspecified atom stereocenters. The van der Waals surface area contributed by atoms with Gasteiger partial charge in [-0.15, -0.1) is 0 Å². The highest BCUT2D eigenvalue weighted by atomic mass is 15.0. The summed E-state index contributed by atoms with van der Waals surface area (Å²) in [4.78, 5) is 63.4. The van der Waals surface area contributed by atoms with Gasteiger partial charge in [-0.25, -0.2) is 64.8 Å². The first-order chi connectivity index (χ1) is 53.4. The molecule has 20 aromatic rings. The Hall–Kier alpha value is -15.0. The van der Waals surface area contributed by atoms with E-state index in [0.29, 0.717) is 34.9 Å². The van der Waals surface area contributed by atoms with Crippen LogP contribution in [0.15, 0.2) is 358 Å². The summed E-state index contributed by atoms with van der Waals surface area (Å²) in [5.41, 5.74) is 22.6. The van der Waals surface area contributed by atoms with Crippen LogP contribution in [0.3, 0.4) is 0 Å². The zero-order valence-corrected chi connectivity index (χ0v) is 57.9. The van der Waals surface area contributed by atoms with Gasteiger partial charge in [-0.05, 0) is 89.0 Å². The molecule has 0 saturated heterocycles. The molecule has 504 valence electrons. The number of benzene rings is 12. The van der Waals surface area contributed by atoms with Crippen LogP contribution in [0, 0.1) is 0 Å². The van der Waals surface area contributed by atoms with Crippen LogP contribution < -0.4 is 0 Å². The summed E-state index contributed by atoms with van der Waals surface area (Å²) in [6.45, 7) is 0. The largest absolute Gasteiger partial charge is 0.248 e. The lowest BCUT2D eigenvalue weighted by atomic mass is 10.00. The van der Waals surface area contributed by atoms with Gasteiger partial charge in [0.2, 0.25) is 0 Å². The van der Waals surface area contributed by atoms with Crippen LogP contribution in [0.25, 0.3) is 201 Å². The smallest absolute Gasteiger partial charge is 0.178 e. The van der Waals surface area contributed by atoms with Gasteiger partial charge in [0.1, 0.15) is 11.4 Å². The molecule has 0 aliphatic rings. The van der Waals surface area contributed by atoms with Gasteiger partial charge in [-0.2, -0.15) is 0 Å². The van der Waals surface area contributed by atoms with Gasteiger partial charge < -0.3 is 0 Å². The van der Waals surface area contributed by atoms with Crippen molar-refractivity contribution >= 4 is 65.4 Å². The Labute approximate surface area is 620 Å². The minimum absolute atomic E-state index is 0.604. The Kier molecular flexibility index (Phi) is 16.6. The molecule has 0 saturated carbocycles. The molecular formula is C95H59N13. The number of aromatic nitrogens is 13. The van der Waals surface area contributed by atoms with Crippen LogP contribution in [0.2, 0.25) is 0 Å².